The quantitative estimate of drug-likeness (QED) is 0.485. The van der Waals surface area contributed by atoms with E-state index in [0.29, 0.717) is 5.92 Å². The monoisotopic (exact) mass is 182 g/mol. The number of carbonyl (C=O) groups is 1. The highest BCUT2D eigenvalue weighted by atomic mass is 16.6. The molecule has 74 valence electrons. The van der Waals surface area contributed by atoms with Gasteiger partial charge in [-0.2, -0.15) is 0 Å². The van der Waals surface area contributed by atoms with Crippen molar-refractivity contribution in [2.45, 2.75) is 45.1 Å². The molecule has 2 unspecified atom stereocenters. The molecule has 0 aromatic heterocycles. The molecule has 0 heterocycles. The Kier molecular flexibility index (Phi) is 3.12. The van der Waals surface area contributed by atoms with Crippen LogP contribution in [0.25, 0.3) is 0 Å². The molecule has 0 saturated heterocycles. The Balaban J connectivity index is 2.75. The van der Waals surface area contributed by atoms with Gasteiger partial charge in [-0.3, -0.25) is 4.79 Å². The molecule has 0 aromatic carbocycles. The minimum atomic E-state index is -0.385. The molecule has 2 nitrogen and oxygen atoms in total. The third-order valence-electron chi connectivity index (χ3n) is 2.97. The van der Waals surface area contributed by atoms with Crippen LogP contribution in [0, 0.1) is 5.92 Å². The maximum absolute atomic E-state index is 11.0. The zero-order chi connectivity index (χ0) is 9.90. The van der Waals surface area contributed by atoms with E-state index in [4.69, 9.17) is 4.74 Å². The maximum atomic E-state index is 11.0. The summed E-state index contributed by atoms with van der Waals surface area (Å²) in [5, 5.41) is 0. The molecule has 1 saturated carbocycles. The lowest BCUT2D eigenvalue weighted by Crippen LogP contribution is -2.41. The molecule has 1 fully saturated rings. The molecule has 0 aromatic rings. The summed E-state index contributed by atoms with van der Waals surface area (Å²) in [4.78, 5) is 11.0. The van der Waals surface area contributed by atoms with Crippen LogP contribution in [-0.2, 0) is 9.53 Å². The van der Waals surface area contributed by atoms with Gasteiger partial charge in [0, 0.05) is 6.92 Å². The lowest BCUT2D eigenvalue weighted by atomic mass is 9.76. The van der Waals surface area contributed by atoms with Crippen molar-refractivity contribution in [3.05, 3.63) is 12.7 Å². The van der Waals surface area contributed by atoms with Crippen LogP contribution in [0.1, 0.15) is 39.5 Å². The van der Waals surface area contributed by atoms with Crippen molar-refractivity contribution in [1.82, 2.24) is 0 Å². The zero-order valence-electron chi connectivity index (χ0n) is 8.51. The van der Waals surface area contributed by atoms with Crippen LogP contribution in [-0.4, -0.2) is 11.6 Å². The van der Waals surface area contributed by atoms with Gasteiger partial charge in [-0.15, -0.1) is 0 Å². The van der Waals surface area contributed by atoms with Crippen LogP contribution in [0.4, 0.5) is 0 Å². The average Bonchev–Trinajstić information content (AvgIpc) is 2.08. The Bertz CT molecular complexity index is 210. The first-order chi connectivity index (χ1) is 6.10. The molecule has 1 aliphatic rings. The molecule has 0 N–H and O–H groups in total. The summed E-state index contributed by atoms with van der Waals surface area (Å²) >= 11 is 0. The van der Waals surface area contributed by atoms with Crippen molar-refractivity contribution in [2.24, 2.45) is 5.92 Å². The molecule has 1 rings (SSSR count). The SMILES string of the molecule is C=CC1(OC(C)=O)CCCCC1C. The van der Waals surface area contributed by atoms with E-state index in [1.165, 1.54) is 13.3 Å². The molecule has 0 spiro atoms. The van der Waals surface area contributed by atoms with Crippen molar-refractivity contribution in [2.75, 3.05) is 0 Å². The number of hydrogen-bond acceptors (Lipinski definition) is 2. The minimum absolute atomic E-state index is 0.200. The molecule has 2 atom stereocenters. The third-order valence-corrected chi connectivity index (χ3v) is 2.97. The summed E-state index contributed by atoms with van der Waals surface area (Å²) < 4.78 is 5.38. The number of hydrogen-bond donors (Lipinski definition) is 0. The lowest BCUT2D eigenvalue weighted by Gasteiger charge is -2.39. The van der Waals surface area contributed by atoms with Gasteiger partial charge in [-0.25, -0.2) is 0 Å². The smallest absolute Gasteiger partial charge is 0.303 e. The lowest BCUT2D eigenvalue weighted by molar-refractivity contribution is -0.159. The van der Waals surface area contributed by atoms with E-state index in [1.807, 2.05) is 0 Å². The number of rotatable bonds is 2. The van der Waals surface area contributed by atoms with Crippen LogP contribution in [0.5, 0.6) is 0 Å². The van der Waals surface area contributed by atoms with Gasteiger partial charge in [0.05, 0.1) is 0 Å². The van der Waals surface area contributed by atoms with E-state index in [9.17, 15) is 4.79 Å². The fourth-order valence-corrected chi connectivity index (χ4v) is 2.11. The highest BCUT2D eigenvalue weighted by Crippen LogP contribution is 2.37. The van der Waals surface area contributed by atoms with Crippen molar-refractivity contribution < 1.29 is 9.53 Å². The van der Waals surface area contributed by atoms with Crippen LogP contribution in [0.3, 0.4) is 0 Å². The Labute approximate surface area is 80.0 Å². The van der Waals surface area contributed by atoms with E-state index in [-0.39, 0.29) is 11.6 Å². The Hall–Kier alpha value is -0.790. The summed E-state index contributed by atoms with van der Waals surface area (Å²) in [6.07, 6.45) is 6.22. The van der Waals surface area contributed by atoms with E-state index < -0.39 is 0 Å². The van der Waals surface area contributed by atoms with Crippen molar-refractivity contribution in [3.63, 3.8) is 0 Å². The molecular weight excluding hydrogens is 164 g/mol. The van der Waals surface area contributed by atoms with Gasteiger partial charge in [0.25, 0.3) is 0 Å². The molecule has 0 amide bonds. The fraction of sp³-hybridized carbons (Fsp3) is 0.727. The molecule has 1 aliphatic carbocycles. The van der Waals surface area contributed by atoms with Crippen molar-refractivity contribution in [1.29, 1.82) is 0 Å². The minimum Gasteiger partial charge on any atom is -0.455 e. The second-order valence-corrected chi connectivity index (χ2v) is 3.90. The Morgan fingerprint density at radius 3 is 2.77 bits per heavy atom. The maximum Gasteiger partial charge on any atom is 0.303 e. The molecule has 0 bridgehead atoms. The molecule has 2 heteroatoms. The normalized spacial score (nSPS) is 33.8. The van der Waals surface area contributed by atoms with Crippen molar-refractivity contribution >= 4 is 5.97 Å². The Morgan fingerprint density at radius 2 is 2.31 bits per heavy atom. The molecule has 0 aliphatic heterocycles. The van der Waals surface area contributed by atoms with Crippen LogP contribution < -0.4 is 0 Å². The van der Waals surface area contributed by atoms with E-state index in [0.717, 1.165) is 19.3 Å². The topological polar surface area (TPSA) is 26.3 Å². The third kappa shape index (κ3) is 2.11. The molecule has 13 heavy (non-hydrogen) atoms. The number of esters is 1. The first kappa shape index (κ1) is 10.3. The van der Waals surface area contributed by atoms with Gasteiger partial charge in [0.1, 0.15) is 5.60 Å². The van der Waals surface area contributed by atoms with E-state index in [1.54, 1.807) is 6.08 Å². The summed E-state index contributed by atoms with van der Waals surface area (Å²) in [7, 11) is 0. The van der Waals surface area contributed by atoms with Gasteiger partial charge in [0.2, 0.25) is 0 Å². The second-order valence-electron chi connectivity index (χ2n) is 3.90. The van der Waals surface area contributed by atoms with Gasteiger partial charge in [0.15, 0.2) is 0 Å². The second kappa shape index (κ2) is 3.95. The first-order valence-corrected chi connectivity index (χ1v) is 4.94. The van der Waals surface area contributed by atoms with Gasteiger partial charge < -0.3 is 4.74 Å². The number of ether oxygens (including phenoxy) is 1. The summed E-state index contributed by atoms with van der Waals surface area (Å²) in [5.41, 5.74) is -0.385. The van der Waals surface area contributed by atoms with Crippen LogP contribution >= 0.6 is 0 Å². The first-order valence-electron chi connectivity index (χ1n) is 4.94. The average molecular weight is 182 g/mol. The van der Waals surface area contributed by atoms with E-state index in [2.05, 4.69) is 13.5 Å². The molecule has 0 radical (unpaired) electrons. The van der Waals surface area contributed by atoms with Gasteiger partial charge in [-0.1, -0.05) is 19.9 Å². The standard InChI is InChI=1S/C11H18O2/c1-4-11(13-10(3)12)8-6-5-7-9(11)2/h4,9H,1,5-8H2,2-3H3. The van der Waals surface area contributed by atoms with E-state index >= 15 is 0 Å². The Morgan fingerprint density at radius 1 is 1.62 bits per heavy atom. The zero-order valence-corrected chi connectivity index (χ0v) is 8.51. The predicted octanol–water partition coefficient (Wildman–Crippen LogP) is 2.68. The summed E-state index contributed by atoms with van der Waals surface area (Å²) in [6, 6.07) is 0. The van der Waals surface area contributed by atoms with Gasteiger partial charge >= 0.3 is 5.97 Å². The summed E-state index contributed by atoms with van der Waals surface area (Å²) in [6.45, 7) is 7.38. The fourth-order valence-electron chi connectivity index (χ4n) is 2.11. The van der Waals surface area contributed by atoms with Crippen LogP contribution in [0.2, 0.25) is 0 Å². The summed E-state index contributed by atoms with van der Waals surface area (Å²) in [5.74, 6) is 0.205. The van der Waals surface area contributed by atoms with Gasteiger partial charge in [-0.05, 0) is 31.3 Å². The number of carbonyl (C=O) groups excluding carboxylic acids is 1. The largest absolute Gasteiger partial charge is 0.455 e. The highest BCUT2D eigenvalue weighted by molar-refractivity contribution is 5.66. The highest BCUT2D eigenvalue weighted by Gasteiger charge is 2.38. The molecular formula is C11H18O2. The van der Waals surface area contributed by atoms with Crippen LogP contribution in [0.15, 0.2) is 12.7 Å². The predicted molar refractivity (Wildman–Crippen MR) is 52.3 cm³/mol. The van der Waals surface area contributed by atoms with Crippen molar-refractivity contribution in [3.8, 4) is 0 Å².